The molecule has 1 aromatic carbocycles. The van der Waals surface area contributed by atoms with Crippen molar-refractivity contribution in [2.75, 3.05) is 31.6 Å². The van der Waals surface area contributed by atoms with Gasteiger partial charge in [-0.3, -0.25) is 4.79 Å². The molecule has 0 N–H and O–H groups in total. The number of anilines is 1. The van der Waals surface area contributed by atoms with Gasteiger partial charge in [0.15, 0.2) is 4.84 Å². The zero-order valence-electron chi connectivity index (χ0n) is 14.6. The van der Waals surface area contributed by atoms with E-state index in [9.17, 15) is 4.79 Å². The van der Waals surface area contributed by atoms with Gasteiger partial charge < -0.3 is 14.5 Å². The minimum Gasteiger partial charge on any atom is -0.497 e. The highest BCUT2D eigenvalue weighted by atomic mass is 35.5. The lowest BCUT2D eigenvalue weighted by atomic mass is 10.1. The van der Waals surface area contributed by atoms with Crippen LogP contribution >= 0.6 is 34.7 Å². The zero-order valence-corrected chi connectivity index (χ0v) is 16.9. The topological polar surface area (TPSA) is 58.6 Å². The summed E-state index contributed by atoms with van der Waals surface area (Å²) in [7, 11) is 1.65. The van der Waals surface area contributed by atoms with E-state index in [4.69, 9.17) is 27.9 Å². The van der Waals surface area contributed by atoms with Gasteiger partial charge in [-0.15, -0.1) is 0 Å². The maximum atomic E-state index is 12.0. The van der Waals surface area contributed by atoms with Gasteiger partial charge in [-0.05, 0) is 24.6 Å². The Bertz CT molecular complexity index is 771. The molecule has 0 unspecified atom stereocenters. The summed E-state index contributed by atoms with van der Waals surface area (Å²) >= 11 is 12.8. The Morgan fingerprint density at radius 1 is 1.42 bits per heavy atom. The Morgan fingerprint density at radius 2 is 2.23 bits per heavy atom. The number of carbonyl (C=O) groups is 1. The summed E-state index contributed by atoms with van der Waals surface area (Å²) in [4.78, 5) is 19.5. The minimum absolute atomic E-state index is 0.0157. The maximum absolute atomic E-state index is 12.0. The molecule has 1 aliphatic heterocycles. The molecule has 1 aromatic heterocycles. The number of benzene rings is 1. The van der Waals surface area contributed by atoms with E-state index in [-0.39, 0.29) is 11.9 Å². The molecule has 6 nitrogen and oxygen atoms in total. The monoisotopic (exact) mass is 414 g/mol. The average molecular weight is 415 g/mol. The van der Waals surface area contributed by atoms with Crippen molar-refractivity contribution in [1.29, 1.82) is 0 Å². The van der Waals surface area contributed by atoms with Crippen LogP contribution in [0, 0.1) is 0 Å². The molecular weight excluding hydrogens is 395 g/mol. The molecule has 2 heterocycles. The number of hydrogen-bond acceptors (Lipinski definition) is 6. The van der Waals surface area contributed by atoms with E-state index in [1.54, 1.807) is 12.0 Å². The van der Waals surface area contributed by atoms with Crippen LogP contribution in [0.25, 0.3) is 0 Å². The van der Waals surface area contributed by atoms with E-state index in [0.717, 1.165) is 22.3 Å². The van der Waals surface area contributed by atoms with Gasteiger partial charge in [0.2, 0.25) is 5.13 Å². The first-order valence-electron chi connectivity index (χ1n) is 8.27. The van der Waals surface area contributed by atoms with Gasteiger partial charge in [-0.1, -0.05) is 35.3 Å². The van der Waals surface area contributed by atoms with Crippen molar-refractivity contribution in [1.82, 2.24) is 14.3 Å². The van der Waals surface area contributed by atoms with Crippen molar-refractivity contribution >= 4 is 45.8 Å². The molecule has 0 spiro atoms. The molecule has 140 valence electrons. The summed E-state index contributed by atoms with van der Waals surface area (Å²) < 4.78 is 9.73. The molecule has 0 bridgehead atoms. The van der Waals surface area contributed by atoms with Gasteiger partial charge in [0.1, 0.15) is 11.6 Å². The summed E-state index contributed by atoms with van der Waals surface area (Å²) in [6.45, 7) is 3.92. The zero-order chi connectivity index (χ0) is 18.7. The molecule has 0 aliphatic carbocycles. The van der Waals surface area contributed by atoms with E-state index in [1.807, 2.05) is 31.2 Å². The first-order valence-corrected chi connectivity index (χ1v) is 9.91. The van der Waals surface area contributed by atoms with Crippen LogP contribution in [0.4, 0.5) is 5.13 Å². The highest BCUT2D eigenvalue weighted by Gasteiger charge is 2.31. The molecule has 1 atom stereocenters. The first kappa shape index (κ1) is 19.2. The number of halogens is 2. The molecule has 1 aliphatic rings. The van der Waals surface area contributed by atoms with Gasteiger partial charge in [-0.25, -0.2) is 4.98 Å². The van der Waals surface area contributed by atoms with Crippen molar-refractivity contribution in [3.05, 3.63) is 35.7 Å². The minimum atomic E-state index is -1.01. The highest BCUT2D eigenvalue weighted by Crippen LogP contribution is 2.24. The van der Waals surface area contributed by atoms with Crippen molar-refractivity contribution < 1.29 is 9.53 Å². The molecule has 9 heteroatoms. The standard InChI is InChI=1S/C17H20Cl2N4O2S/c1-11-10-22(6-7-23(11)16(24)15(18)19)17-20-14(21-26-17)9-12-4-3-5-13(8-12)25-2/h3-5,8,11,15H,6-7,9-10H2,1-2H3/t11-/m0/s1. The van der Waals surface area contributed by atoms with Crippen LogP contribution in [-0.2, 0) is 11.2 Å². The van der Waals surface area contributed by atoms with E-state index in [0.29, 0.717) is 26.1 Å². The second kappa shape index (κ2) is 8.41. The van der Waals surface area contributed by atoms with E-state index < -0.39 is 4.84 Å². The van der Waals surface area contributed by atoms with Crippen LogP contribution in [0.5, 0.6) is 5.75 Å². The molecule has 2 aromatic rings. The molecule has 1 saturated heterocycles. The van der Waals surface area contributed by atoms with Crippen LogP contribution in [-0.4, -0.2) is 57.8 Å². The summed E-state index contributed by atoms with van der Waals surface area (Å²) in [5, 5.41) is 0.871. The molecule has 1 amide bonds. The predicted octanol–water partition coefficient (Wildman–Crippen LogP) is 2.98. The Balaban J connectivity index is 1.64. The Hall–Kier alpha value is -1.57. The lowest BCUT2D eigenvalue weighted by Gasteiger charge is -2.39. The normalized spacial score (nSPS) is 17.7. The van der Waals surface area contributed by atoms with E-state index in [2.05, 4.69) is 14.3 Å². The van der Waals surface area contributed by atoms with Crippen molar-refractivity contribution in [2.45, 2.75) is 24.2 Å². The molecule has 1 fully saturated rings. The number of piperazine rings is 1. The third kappa shape index (κ3) is 4.39. The van der Waals surface area contributed by atoms with Crippen molar-refractivity contribution in [3.8, 4) is 5.75 Å². The fourth-order valence-electron chi connectivity index (χ4n) is 2.99. The van der Waals surface area contributed by atoms with Gasteiger partial charge in [0, 0.05) is 43.6 Å². The number of carbonyl (C=O) groups excluding carboxylic acids is 1. The van der Waals surface area contributed by atoms with Gasteiger partial charge in [0.25, 0.3) is 5.91 Å². The number of hydrogen-bond donors (Lipinski definition) is 0. The highest BCUT2D eigenvalue weighted by molar-refractivity contribution is 7.09. The fourth-order valence-corrected chi connectivity index (χ4v) is 3.96. The van der Waals surface area contributed by atoms with Gasteiger partial charge >= 0.3 is 0 Å². The number of amides is 1. The van der Waals surface area contributed by atoms with Crippen molar-refractivity contribution in [2.24, 2.45) is 0 Å². The van der Waals surface area contributed by atoms with Crippen LogP contribution in [0.3, 0.4) is 0 Å². The summed E-state index contributed by atoms with van der Waals surface area (Å²) in [5.74, 6) is 1.37. The second-order valence-corrected chi connectivity index (χ2v) is 7.98. The largest absolute Gasteiger partial charge is 0.497 e. The van der Waals surface area contributed by atoms with Crippen LogP contribution in [0.2, 0.25) is 0 Å². The number of methoxy groups -OCH3 is 1. The summed E-state index contributed by atoms with van der Waals surface area (Å²) in [6, 6.07) is 7.91. The average Bonchev–Trinajstić information content (AvgIpc) is 3.09. The number of alkyl halides is 2. The van der Waals surface area contributed by atoms with Crippen LogP contribution < -0.4 is 9.64 Å². The second-order valence-electron chi connectivity index (χ2n) is 6.15. The molecule has 0 radical (unpaired) electrons. The Morgan fingerprint density at radius 3 is 2.92 bits per heavy atom. The number of nitrogens with zero attached hydrogens (tertiary/aromatic N) is 4. The maximum Gasteiger partial charge on any atom is 0.256 e. The van der Waals surface area contributed by atoms with Crippen LogP contribution in [0.1, 0.15) is 18.3 Å². The molecule has 3 rings (SSSR count). The third-order valence-electron chi connectivity index (χ3n) is 4.32. The van der Waals surface area contributed by atoms with Gasteiger partial charge in [0.05, 0.1) is 7.11 Å². The quantitative estimate of drug-likeness (QED) is 0.703. The van der Waals surface area contributed by atoms with E-state index in [1.165, 1.54) is 11.5 Å². The molecule has 0 saturated carbocycles. The Kier molecular flexibility index (Phi) is 6.21. The Labute approximate surface area is 166 Å². The van der Waals surface area contributed by atoms with E-state index >= 15 is 0 Å². The number of ether oxygens (including phenoxy) is 1. The first-order chi connectivity index (χ1) is 12.5. The van der Waals surface area contributed by atoms with Crippen LogP contribution in [0.15, 0.2) is 24.3 Å². The smallest absolute Gasteiger partial charge is 0.256 e. The fraction of sp³-hybridized carbons (Fsp3) is 0.471. The summed E-state index contributed by atoms with van der Waals surface area (Å²) in [5.41, 5.74) is 1.10. The number of rotatable bonds is 5. The summed E-state index contributed by atoms with van der Waals surface area (Å²) in [6.07, 6.45) is 0.655. The van der Waals surface area contributed by atoms with Gasteiger partial charge in [-0.2, -0.15) is 4.37 Å². The molecular formula is C17H20Cl2N4O2S. The van der Waals surface area contributed by atoms with Crippen molar-refractivity contribution in [3.63, 3.8) is 0 Å². The lowest BCUT2D eigenvalue weighted by Crippen LogP contribution is -2.55. The lowest BCUT2D eigenvalue weighted by molar-refractivity contribution is -0.131. The number of aromatic nitrogens is 2. The third-order valence-corrected chi connectivity index (χ3v) is 5.51. The SMILES string of the molecule is COc1cccc(Cc2nsc(N3CCN(C(=O)C(Cl)Cl)[C@@H](C)C3)n2)c1. The molecule has 26 heavy (non-hydrogen) atoms. The predicted molar refractivity (Wildman–Crippen MR) is 105 cm³/mol.